The highest BCUT2D eigenvalue weighted by Gasteiger charge is 2.19. The number of halogens is 1. The third kappa shape index (κ3) is 3.62. The number of carboxylic acids is 1. The van der Waals surface area contributed by atoms with Crippen LogP contribution in [0.4, 0.5) is 4.39 Å². The minimum atomic E-state index is -0.916. The summed E-state index contributed by atoms with van der Waals surface area (Å²) >= 11 is 0. The minimum absolute atomic E-state index is 0.200. The van der Waals surface area contributed by atoms with Crippen LogP contribution in [-0.2, 0) is 16.0 Å². The van der Waals surface area contributed by atoms with Gasteiger partial charge in [0.2, 0.25) is 0 Å². The molecule has 0 amide bonds. The van der Waals surface area contributed by atoms with Gasteiger partial charge in [-0.1, -0.05) is 18.2 Å². The van der Waals surface area contributed by atoms with Crippen molar-refractivity contribution < 1.29 is 19.0 Å². The molecule has 1 unspecified atom stereocenters. The maximum Gasteiger partial charge on any atom is 0.306 e. The van der Waals surface area contributed by atoms with Crippen molar-refractivity contribution in [1.82, 2.24) is 0 Å². The van der Waals surface area contributed by atoms with E-state index in [-0.39, 0.29) is 12.2 Å². The number of carbonyl (C=O) groups is 1. The first kappa shape index (κ1) is 12.6. The lowest BCUT2D eigenvalue weighted by atomic mass is 9.96. The highest BCUT2D eigenvalue weighted by Crippen LogP contribution is 2.15. The topological polar surface area (TPSA) is 46.5 Å². The predicted octanol–water partition coefficient (Wildman–Crippen LogP) is 2.11. The van der Waals surface area contributed by atoms with Crippen LogP contribution in [0.15, 0.2) is 24.3 Å². The van der Waals surface area contributed by atoms with E-state index in [4.69, 9.17) is 9.84 Å². The summed E-state index contributed by atoms with van der Waals surface area (Å²) in [5, 5.41) is 8.97. The standard InChI is InChI=1S/C12H15FO3/c1-16-7-6-10(12(14)15)8-9-4-2-3-5-11(9)13/h2-5,10H,6-8H2,1H3,(H,14,15). The average molecular weight is 226 g/mol. The average Bonchev–Trinajstić information content (AvgIpc) is 2.26. The molecule has 0 saturated heterocycles. The van der Waals surface area contributed by atoms with Gasteiger partial charge in [-0.15, -0.1) is 0 Å². The summed E-state index contributed by atoms with van der Waals surface area (Å²) in [4.78, 5) is 10.9. The van der Waals surface area contributed by atoms with Gasteiger partial charge >= 0.3 is 5.97 Å². The SMILES string of the molecule is COCCC(Cc1ccccc1F)C(=O)O. The van der Waals surface area contributed by atoms with E-state index in [1.54, 1.807) is 18.2 Å². The Morgan fingerprint density at radius 2 is 2.19 bits per heavy atom. The molecule has 16 heavy (non-hydrogen) atoms. The number of hydrogen-bond acceptors (Lipinski definition) is 2. The lowest BCUT2D eigenvalue weighted by molar-refractivity contribution is -0.142. The normalized spacial score (nSPS) is 12.4. The minimum Gasteiger partial charge on any atom is -0.481 e. The van der Waals surface area contributed by atoms with Gasteiger partial charge in [0, 0.05) is 13.7 Å². The van der Waals surface area contributed by atoms with E-state index in [0.29, 0.717) is 18.6 Å². The molecule has 0 saturated carbocycles. The molecule has 0 spiro atoms. The molecule has 3 nitrogen and oxygen atoms in total. The van der Waals surface area contributed by atoms with Crippen molar-refractivity contribution in [1.29, 1.82) is 0 Å². The van der Waals surface area contributed by atoms with Crippen LogP contribution in [0, 0.1) is 11.7 Å². The van der Waals surface area contributed by atoms with Crippen LogP contribution in [0.1, 0.15) is 12.0 Å². The third-order valence-electron chi connectivity index (χ3n) is 2.44. The number of carboxylic acid groups (broad SMARTS) is 1. The van der Waals surface area contributed by atoms with Crippen molar-refractivity contribution in [3.8, 4) is 0 Å². The third-order valence-corrected chi connectivity index (χ3v) is 2.44. The second-order valence-electron chi connectivity index (χ2n) is 3.61. The first-order valence-corrected chi connectivity index (χ1v) is 5.10. The Kier molecular flexibility index (Phi) is 4.92. The van der Waals surface area contributed by atoms with Gasteiger partial charge in [-0.05, 0) is 24.5 Å². The number of aliphatic carboxylic acids is 1. The summed E-state index contributed by atoms with van der Waals surface area (Å²) < 4.78 is 18.1. The highest BCUT2D eigenvalue weighted by atomic mass is 19.1. The molecule has 0 aliphatic carbocycles. The Bertz CT molecular complexity index is 352. The predicted molar refractivity (Wildman–Crippen MR) is 57.7 cm³/mol. The molecule has 0 aliphatic heterocycles. The zero-order chi connectivity index (χ0) is 12.0. The number of methoxy groups -OCH3 is 1. The van der Waals surface area contributed by atoms with Crippen LogP contribution in [0.25, 0.3) is 0 Å². The summed E-state index contributed by atoms with van der Waals surface area (Å²) in [5.41, 5.74) is 0.436. The molecule has 0 radical (unpaired) electrons. The van der Waals surface area contributed by atoms with Gasteiger partial charge in [0.15, 0.2) is 0 Å². The molecular weight excluding hydrogens is 211 g/mol. The van der Waals surface area contributed by atoms with Crippen LogP contribution in [0.2, 0.25) is 0 Å². The van der Waals surface area contributed by atoms with Gasteiger partial charge in [0.05, 0.1) is 5.92 Å². The fourth-order valence-electron chi connectivity index (χ4n) is 1.50. The molecule has 1 aromatic rings. The number of rotatable bonds is 6. The van der Waals surface area contributed by atoms with Gasteiger partial charge in [0.1, 0.15) is 5.82 Å². The van der Waals surface area contributed by atoms with Gasteiger partial charge in [-0.2, -0.15) is 0 Å². The quantitative estimate of drug-likeness (QED) is 0.808. The van der Waals surface area contributed by atoms with Crippen LogP contribution in [0.3, 0.4) is 0 Å². The summed E-state index contributed by atoms with van der Waals surface area (Å²) in [7, 11) is 1.52. The Balaban J connectivity index is 2.68. The Labute approximate surface area is 93.9 Å². The molecular formula is C12H15FO3. The Hall–Kier alpha value is -1.42. The second-order valence-corrected chi connectivity index (χ2v) is 3.61. The van der Waals surface area contributed by atoms with Crippen LogP contribution in [-0.4, -0.2) is 24.8 Å². The number of benzene rings is 1. The zero-order valence-electron chi connectivity index (χ0n) is 9.15. The van der Waals surface area contributed by atoms with Gasteiger partial charge < -0.3 is 9.84 Å². The maximum absolute atomic E-state index is 13.3. The first-order chi connectivity index (χ1) is 7.65. The molecule has 0 heterocycles. The monoisotopic (exact) mass is 226 g/mol. The molecule has 0 aliphatic rings. The lowest BCUT2D eigenvalue weighted by Crippen LogP contribution is -2.18. The lowest BCUT2D eigenvalue weighted by Gasteiger charge is -2.12. The van der Waals surface area contributed by atoms with E-state index in [2.05, 4.69) is 0 Å². The number of hydrogen-bond donors (Lipinski definition) is 1. The molecule has 1 aromatic carbocycles. The van der Waals surface area contributed by atoms with Crippen molar-refractivity contribution >= 4 is 5.97 Å². The van der Waals surface area contributed by atoms with E-state index in [1.165, 1.54) is 13.2 Å². The largest absolute Gasteiger partial charge is 0.481 e. The molecule has 0 bridgehead atoms. The van der Waals surface area contributed by atoms with E-state index >= 15 is 0 Å². The van der Waals surface area contributed by atoms with Crippen molar-refractivity contribution in [3.63, 3.8) is 0 Å². The van der Waals surface area contributed by atoms with Crippen LogP contribution in [0.5, 0.6) is 0 Å². The fourth-order valence-corrected chi connectivity index (χ4v) is 1.50. The molecule has 1 rings (SSSR count). The van der Waals surface area contributed by atoms with Crippen molar-refractivity contribution in [2.24, 2.45) is 5.92 Å². The van der Waals surface area contributed by atoms with E-state index in [1.807, 2.05) is 0 Å². The first-order valence-electron chi connectivity index (χ1n) is 5.10. The molecule has 4 heteroatoms. The summed E-state index contributed by atoms with van der Waals surface area (Å²) in [5.74, 6) is -1.87. The van der Waals surface area contributed by atoms with E-state index in [9.17, 15) is 9.18 Å². The Morgan fingerprint density at radius 3 is 2.75 bits per heavy atom. The summed E-state index contributed by atoms with van der Waals surface area (Å²) in [6.07, 6.45) is 0.589. The summed E-state index contributed by atoms with van der Waals surface area (Å²) in [6, 6.07) is 6.24. The number of ether oxygens (including phenoxy) is 1. The van der Waals surface area contributed by atoms with Gasteiger partial charge in [-0.3, -0.25) is 4.79 Å². The Morgan fingerprint density at radius 1 is 1.50 bits per heavy atom. The fraction of sp³-hybridized carbons (Fsp3) is 0.417. The molecule has 88 valence electrons. The molecule has 0 fully saturated rings. The van der Waals surface area contributed by atoms with E-state index in [0.717, 1.165) is 0 Å². The second kappa shape index (κ2) is 6.23. The molecule has 1 N–H and O–H groups in total. The van der Waals surface area contributed by atoms with Gasteiger partial charge in [0.25, 0.3) is 0 Å². The molecule has 0 aromatic heterocycles. The van der Waals surface area contributed by atoms with Crippen molar-refractivity contribution in [2.45, 2.75) is 12.8 Å². The molecule has 1 atom stereocenters. The van der Waals surface area contributed by atoms with Crippen molar-refractivity contribution in [2.75, 3.05) is 13.7 Å². The smallest absolute Gasteiger partial charge is 0.306 e. The van der Waals surface area contributed by atoms with E-state index < -0.39 is 11.9 Å². The zero-order valence-corrected chi connectivity index (χ0v) is 9.15. The van der Waals surface area contributed by atoms with Crippen molar-refractivity contribution in [3.05, 3.63) is 35.6 Å². The van der Waals surface area contributed by atoms with Crippen LogP contribution < -0.4 is 0 Å². The van der Waals surface area contributed by atoms with Crippen LogP contribution >= 0.6 is 0 Å². The maximum atomic E-state index is 13.3. The summed E-state index contributed by atoms with van der Waals surface area (Å²) in [6.45, 7) is 0.366. The van der Waals surface area contributed by atoms with Gasteiger partial charge in [-0.25, -0.2) is 4.39 Å². The highest BCUT2D eigenvalue weighted by molar-refractivity contribution is 5.70.